The number of hydrogen-bond donors (Lipinski definition) is 1. The van der Waals surface area contributed by atoms with E-state index < -0.39 is 0 Å². The predicted molar refractivity (Wildman–Crippen MR) is 64.3 cm³/mol. The fourth-order valence-electron chi connectivity index (χ4n) is 2.11. The molecule has 4 nitrogen and oxygen atoms in total. The lowest BCUT2D eigenvalue weighted by molar-refractivity contribution is -0.145. The van der Waals surface area contributed by atoms with Crippen molar-refractivity contribution in [2.45, 2.75) is 51.8 Å². The van der Waals surface area contributed by atoms with Gasteiger partial charge in [0.25, 0.3) is 5.91 Å². The van der Waals surface area contributed by atoms with Crippen molar-refractivity contribution in [3.63, 3.8) is 0 Å². The highest BCUT2D eigenvalue weighted by Crippen LogP contribution is 2.14. The van der Waals surface area contributed by atoms with Gasteiger partial charge in [0.1, 0.15) is 6.10 Å². The van der Waals surface area contributed by atoms with Gasteiger partial charge >= 0.3 is 0 Å². The third-order valence-corrected chi connectivity index (χ3v) is 3.45. The van der Waals surface area contributed by atoms with Crippen LogP contribution in [-0.4, -0.2) is 49.2 Å². The molecular formula is C12H24N2O2. The van der Waals surface area contributed by atoms with Crippen molar-refractivity contribution in [3.05, 3.63) is 0 Å². The van der Waals surface area contributed by atoms with Gasteiger partial charge in [-0.1, -0.05) is 13.8 Å². The minimum atomic E-state index is -0.329. The first-order valence-electron chi connectivity index (χ1n) is 6.20. The second-order valence-corrected chi connectivity index (χ2v) is 4.44. The van der Waals surface area contributed by atoms with Gasteiger partial charge in [-0.15, -0.1) is 0 Å². The van der Waals surface area contributed by atoms with Gasteiger partial charge in [0.15, 0.2) is 0 Å². The van der Waals surface area contributed by atoms with Gasteiger partial charge in [-0.25, -0.2) is 0 Å². The highest BCUT2D eigenvalue weighted by atomic mass is 16.5. The van der Waals surface area contributed by atoms with Gasteiger partial charge in [-0.05, 0) is 19.8 Å². The van der Waals surface area contributed by atoms with Gasteiger partial charge < -0.3 is 15.0 Å². The Hall–Kier alpha value is -0.610. The third-order valence-electron chi connectivity index (χ3n) is 3.45. The molecule has 1 fully saturated rings. The number of methoxy groups -OCH3 is 1. The summed E-state index contributed by atoms with van der Waals surface area (Å²) in [6.07, 6.45) is 1.72. The Morgan fingerprint density at radius 2 is 2.19 bits per heavy atom. The predicted octanol–water partition coefficient (Wildman–Crippen LogP) is 1.01. The van der Waals surface area contributed by atoms with Gasteiger partial charge in [0, 0.05) is 32.3 Å². The maximum absolute atomic E-state index is 12.1. The molecule has 4 heteroatoms. The minimum Gasteiger partial charge on any atom is -0.372 e. The zero-order valence-electron chi connectivity index (χ0n) is 10.8. The minimum absolute atomic E-state index is 0.120. The van der Waals surface area contributed by atoms with E-state index in [0.717, 1.165) is 25.9 Å². The first-order chi connectivity index (χ1) is 7.63. The fraction of sp³-hybridized carbons (Fsp3) is 0.917. The first kappa shape index (κ1) is 13.5. The second kappa shape index (κ2) is 6.21. The summed E-state index contributed by atoms with van der Waals surface area (Å²) in [6, 6.07) is 0.740. The highest BCUT2D eigenvalue weighted by molar-refractivity contribution is 5.81. The summed E-state index contributed by atoms with van der Waals surface area (Å²) >= 11 is 0. The van der Waals surface area contributed by atoms with Crippen molar-refractivity contribution in [3.8, 4) is 0 Å². The second-order valence-electron chi connectivity index (χ2n) is 4.44. The topological polar surface area (TPSA) is 41.6 Å². The Balaban J connectivity index is 2.67. The van der Waals surface area contributed by atoms with E-state index in [4.69, 9.17) is 4.74 Å². The van der Waals surface area contributed by atoms with Gasteiger partial charge in [0.2, 0.25) is 0 Å². The number of ether oxygens (including phenoxy) is 1. The van der Waals surface area contributed by atoms with Gasteiger partial charge in [-0.2, -0.15) is 0 Å². The fourth-order valence-corrected chi connectivity index (χ4v) is 2.11. The molecule has 1 amide bonds. The lowest BCUT2D eigenvalue weighted by atomic mass is 10.0. The molecule has 0 aromatic heterocycles. The zero-order chi connectivity index (χ0) is 12.1. The molecular weight excluding hydrogens is 204 g/mol. The summed E-state index contributed by atoms with van der Waals surface area (Å²) in [5.41, 5.74) is 0. The number of hydrogen-bond acceptors (Lipinski definition) is 3. The maximum atomic E-state index is 12.1. The molecule has 0 aromatic rings. The summed E-state index contributed by atoms with van der Waals surface area (Å²) < 4.78 is 5.12. The van der Waals surface area contributed by atoms with Crippen molar-refractivity contribution < 1.29 is 9.53 Å². The monoisotopic (exact) mass is 228 g/mol. The Labute approximate surface area is 98.3 Å². The van der Waals surface area contributed by atoms with Crippen molar-refractivity contribution in [1.29, 1.82) is 0 Å². The van der Waals surface area contributed by atoms with Crippen LogP contribution in [0.3, 0.4) is 0 Å². The Kier molecular flexibility index (Phi) is 5.22. The van der Waals surface area contributed by atoms with Crippen LogP contribution >= 0.6 is 0 Å². The molecule has 16 heavy (non-hydrogen) atoms. The molecule has 3 unspecified atom stereocenters. The van der Waals surface area contributed by atoms with E-state index in [9.17, 15) is 4.79 Å². The van der Waals surface area contributed by atoms with E-state index in [0.29, 0.717) is 12.1 Å². The molecule has 1 aliphatic heterocycles. The summed E-state index contributed by atoms with van der Waals surface area (Å²) in [7, 11) is 1.59. The number of nitrogens with one attached hydrogen (secondary N) is 1. The first-order valence-corrected chi connectivity index (χ1v) is 6.20. The third kappa shape index (κ3) is 2.95. The van der Waals surface area contributed by atoms with Gasteiger partial charge in [-0.3, -0.25) is 4.79 Å². The largest absolute Gasteiger partial charge is 0.372 e. The number of piperazine rings is 1. The molecule has 0 aliphatic carbocycles. The summed E-state index contributed by atoms with van der Waals surface area (Å²) in [5, 5.41) is 3.48. The van der Waals surface area contributed by atoms with E-state index in [-0.39, 0.29) is 12.0 Å². The van der Waals surface area contributed by atoms with Crippen molar-refractivity contribution >= 4 is 5.91 Å². The Bertz CT molecular complexity index is 233. The molecule has 0 radical (unpaired) electrons. The summed E-state index contributed by atoms with van der Waals surface area (Å²) in [6.45, 7) is 7.79. The van der Waals surface area contributed by atoms with Crippen molar-refractivity contribution in [2.24, 2.45) is 0 Å². The number of carbonyl (C=O) groups is 1. The maximum Gasteiger partial charge on any atom is 0.251 e. The van der Waals surface area contributed by atoms with E-state index in [2.05, 4.69) is 19.2 Å². The summed E-state index contributed by atoms with van der Waals surface area (Å²) in [4.78, 5) is 14.1. The molecule has 1 heterocycles. The van der Waals surface area contributed by atoms with Gasteiger partial charge in [0.05, 0.1) is 0 Å². The molecule has 0 aromatic carbocycles. The van der Waals surface area contributed by atoms with Crippen LogP contribution in [0.5, 0.6) is 0 Å². The van der Waals surface area contributed by atoms with Crippen LogP contribution in [-0.2, 0) is 9.53 Å². The molecule has 1 N–H and O–H groups in total. The molecule has 3 atom stereocenters. The number of amides is 1. The number of rotatable bonds is 4. The summed E-state index contributed by atoms with van der Waals surface area (Å²) in [5.74, 6) is 0.120. The van der Waals surface area contributed by atoms with Crippen LogP contribution in [0.4, 0.5) is 0 Å². The highest BCUT2D eigenvalue weighted by Gasteiger charge is 2.31. The SMILES string of the molecule is CCC1CN(C(=O)C(C)OC)C(CC)CN1. The quantitative estimate of drug-likeness (QED) is 0.781. The van der Waals surface area contributed by atoms with E-state index >= 15 is 0 Å². The van der Waals surface area contributed by atoms with E-state index in [1.54, 1.807) is 7.11 Å². The Morgan fingerprint density at radius 3 is 2.69 bits per heavy atom. The van der Waals surface area contributed by atoms with Crippen LogP contribution in [0.1, 0.15) is 33.6 Å². The molecule has 0 spiro atoms. The molecule has 0 saturated carbocycles. The van der Waals surface area contributed by atoms with Crippen LogP contribution in [0.2, 0.25) is 0 Å². The Morgan fingerprint density at radius 1 is 1.50 bits per heavy atom. The number of nitrogens with zero attached hydrogens (tertiary/aromatic N) is 1. The van der Waals surface area contributed by atoms with Crippen LogP contribution < -0.4 is 5.32 Å². The van der Waals surface area contributed by atoms with Crippen LogP contribution in [0.25, 0.3) is 0 Å². The molecule has 1 rings (SSSR count). The average Bonchev–Trinajstić information content (AvgIpc) is 2.35. The van der Waals surface area contributed by atoms with E-state index in [1.165, 1.54) is 0 Å². The van der Waals surface area contributed by atoms with Crippen LogP contribution in [0.15, 0.2) is 0 Å². The lowest BCUT2D eigenvalue weighted by Gasteiger charge is -2.40. The molecule has 94 valence electrons. The van der Waals surface area contributed by atoms with E-state index in [1.807, 2.05) is 11.8 Å². The van der Waals surface area contributed by atoms with Crippen molar-refractivity contribution in [2.75, 3.05) is 20.2 Å². The number of carbonyl (C=O) groups excluding carboxylic acids is 1. The zero-order valence-corrected chi connectivity index (χ0v) is 10.8. The smallest absolute Gasteiger partial charge is 0.251 e. The average molecular weight is 228 g/mol. The normalized spacial score (nSPS) is 27.9. The standard InChI is InChI=1S/C12H24N2O2/c1-5-10-8-14(11(6-2)7-13-10)12(15)9(3)16-4/h9-11,13H,5-8H2,1-4H3. The molecule has 0 bridgehead atoms. The lowest BCUT2D eigenvalue weighted by Crippen LogP contribution is -2.59. The van der Waals surface area contributed by atoms with Crippen LogP contribution in [0, 0.1) is 0 Å². The molecule has 1 aliphatic rings. The molecule has 1 saturated heterocycles. The van der Waals surface area contributed by atoms with Crippen molar-refractivity contribution in [1.82, 2.24) is 10.2 Å².